The van der Waals surface area contributed by atoms with Crippen LogP contribution in [-0.2, 0) is 17.1 Å². The summed E-state index contributed by atoms with van der Waals surface area (Å²) in [5, 5.41) is 2.87. The van der Waals surface area contributed by atoms with Crippen molar-refractivity contribution in [2.24, 2.45) is 0 Å². The van der Waals surface area contributed by atoms with Gasteiger partial charge in [0, 0.05) is 22.3 Å². The lowest BCUT2D eigenvalue weighted by Crippen LogP contribution is -2.24. The van der Waals surface area contributed by atoms with Crippen LogP contribution in [0.25, 0.3) is 0 Å². The van der Waals surface area contributed by atoms with Crippen LogP contribution in [-0.4, -0.2) is 18.8 Å². The maximum absolute atomic E-state index is 13.0. The highest BCUT2D eigenvalue weighted by Crippen LogP contribution is 2.22. The fourth-order valence-corrected chi connectivity index (χ4v) is 3.52. The smallest absolute Gasteiger partial charge is 0.230 e. The molecule has 0 atom stereocenters. The van der Waals surface area contributed by atoms with Crippen molar-refractivity contribution in [2.75, 3.05) is 12.9 Å². The fourth-order valence-electron chi connectivity index (χ4n) is 1.99. The van der Waals surface area contributed by atoms with Crippen LogP contribution in [0, 0.1) is 5.82 Å². The summed E-state index contributed by atoms with van der Waals surface area (Å²) in [5.74, 6) is 1.43. The molecule has 0 spiro atoms. The molecule has 0 radical (unpaired) electrons. The molecule has 122 valence electrons. The predicted molar refractivity (Wildman–Crippen MR) is 95.1 cm³/mol. The Labute approximate surface area is 147 Å². The first kappa shape index (κ1) is 17.8. The van der Waals surface area contributed by atoms with E-state index in [0.717, 1.165) is 21.3 Å². The third-order valence-electron chi connectivity index (χ3n) is 3.17. The minimum Gasteiger partial charge on any atom is -0.496 e. The van der Waals surface area contributed by atoms with Crippen LogP contribution in [0.3, 0.4) is 0 Å². The summed E-state index contributed by atoms with van der Waals surface area (Å²) in [5.41, 5.74) is 1.91. The van der Waals surface area contributed by atoms with Gasteiger partial charge in [0.25, 0.3) is 0 Å². The molecule has 0 saturated carbocycles. The molecule has 0 aromatic heterocycles. The van der Waals surface area contributed by atoms with Crippen molar-refractivity contribution in [1.29, 1.82) is 0 Å². The number of ether oxygens (including phenoxy) is 1. The van der Waals surface area contributed by atoms with Gasteiger partial charge in [-0.2, -0.15) is 0 Å². The molecular formula is C17H17BrFNO2S. The Hall–Kier alpha value is -1.53. The molecule has 1 amide bonds. The number of methoxy groups -OCH3 is 1. The van der Waals surface area contributed by atoms with E-state index in [4.69, 9.17) is 4.74 Å². The van der Waals surface area contributed by atoms with Gasteiger partial charge < -0.3 is 10.1 Å². The van der Waals surface area contributed by atoms with E-state index >= 15 is 0 Å². The van der Waals surface area contributed by atoms with Crippen LogP contribution in [0.5, 0.6) is 5.75 Å². The number of rotatable bonds is 7. The van der Waals surface area contributed by atoms with Gasteiger partial charge in [0.05, 0.1) is 12.9 Å². The van der Waals surface area contributed by atoms with Crippen LogP contribution < -0.4 is 10.1 Å². The topological polar surface area (TPSA) is 38.3 Å². The number of carbonyl (C=O) groups is 1. The standard InChI is InChI=1S/C17H17BrFNO2S/c1-22-16-5-3-2-4-12(16)9-20-17(21)11-23-10-13-6-7-14(19)8-15(13)18/h2-8H,9-11H2,1H3,(H,20,21). The van der Waals surface area contributed by atoms with Crippen molar-refractivity contribution in [1.82, 2.24) is 5.32 Å². The number of halogens is 2. The van der Waals surface area contributed by atoms with E-state index < -0.39 is 0 Å². The lowest BCUT2D eigenvalue weighted by atomic mass is 10.2. The van der Waals surface area contributed by atoms with E-state index in [2.05, 4.69) is 21.2 Å². The number of hydrogen-bond acceptors (Lipinski definition) is 3. The molecule has 23 heavy (non-hydrogen) atoms. The summed E-state index contributed by atoms with van der Waals surface area (Å²) in [6.07, 6.45) is 0. The molecule has 0 aliphatic heterocycles. The zero-order valence-corrected chi connectivity index (χ0v) is 15.0. The third kappa shape index (κ3) is 5.55. The predicted octanol–water partition coefficient (Wildman–Crippen LogP) is 4.15. The Morgan fingerprint density at radius 2 is 2.04 bits per heavy atom. The summed E-state index contributed by atoms with van der Waals surface area (Å²) in [6, 6.07) is 12.1. The minimum absolute atomic E-state index is 0.0425. The number of para-hydroxylation sites is 1. The maximum Gasteiger partial charge on any atom is 0.230 e. The molecule has 0 fully saturated rings. The number of nitrogens with one attached hydrogen (secondary N) is 1. The molecule has 0 saturated heterocycles. The number of amides is 1. The second-order valence-electron chi connectivity index (χ2n) is 4.82. The van der Waals surface area contributed by atoms with E-state index in [1.165, 1.54) is 23.9 Å². The van der Waals surface area contributed by atoms with Crippen LogP contribution in [0.4, 0.5) is 4.39 Å². The highest BCUT2D eigenvalue weighted by molar-refractivity contribution is 9.10. The average Bonchev–Trinajstić information content (AvgIpc) is 2.55. The van der Waals surface area contributed by atoms with Gasteiger partial charge >= 0.3 is 0 Å². The summed E-state index contributed by atoms with van der Waals surface area (Å²) in [4.78, 5) is 11.9. The van der Waals surface area contributed by atoms with Gasteiger partial charge in [-0.25, -0.2) is 4.39 Å². The van der Waals surface area contributed by atoms with E-state index in [-0.39, 0.29) is 11.7 Å². The number of carbonyl (C=O) groups excluding carboxylic acids is 1. The van der Waals surface area contributed by atoms with Gasteiger partial charge in [0.2, 0.25) is 5.91 Å². The molecule has 0 aliphatic rings. The zero-order chi connectivity index (χ0) is 16.7. The first-order chi connectivity index (χ1) is 11.1. The Balaban J connectivity index is 1.77. The Bertz CT molecular complexity index is 681. The van der Waals surface area contributed by atoms with Gasteiger partial charge in [-0.1, -0.05) is 40.2 Å². The van der Waals surface area contributed by atoms with Gasteiger partial charge in [-0.05, 0) is 23.8 Å². The van der Waals surface area contributed by atoms with E-state index in [0.29, 0.717) is 18.1 Å². The molecule has 6 heteroatoms. The van der Waals surface area contributed by atoms with Crippen LogP contribution in [0.15, 0.2) is 46.9 Å². The summed E-state index contributed by atoms with van der Waals surface area (Å²) in [7, 11) is 1.61. The molecule has 0 aliphatic carbocycles. The quantitative estimate of drug-likeness (QED) is 0.762. The molecule has 0 unspecified atom stereocenters. The molecule has 2 aromatic carbocycles. The summed E-state index contributed by atoms with van der Waals surface area (Å²) < 4.78 is 19.0. The van der Waals surface area contributed by atoms with Crippen molar-refractivity contribution < 1.29 is 13.9 Å². The van der Waals surface area contributed by atoms with Crippen LogP contribution in [0.1, 0.15) is 11.1 Å². The van der Waals surface area contributed by atoms with Gasteiger partial charge in [0.15, 0.2) is 0 Å². The lowest BCUT2D eigenvalue weighted by molar-refractivity contribution is -0.118. The van der Waals surface area contributed by atoms with Crippen molar-refractivity contribution in [2.45, 2.75) is 12.3 Å². The Morgan fingerprint density at radius 1 is 1.26 bits per heavy atom. The Kier molecular flexibility index (Phi) is 6.92. The average molecular weight is 398 g/mol. The third-order valence-corrected chi connectivity index (χ3v) is 4.89. The first-order valence-electron chi connectivity index (χ1n) is 7.00. The van der Waals surface area contributed by atoms with Crippen molar-refractivity contribution in [3.05, 3.63) is 63.9 Å². The molecule has 1 N–H and O–H groups in total. The maximum atomic E-state index is 13.0. The molecular weight excluding hydrogens is 381 g/mol. The number of benzene rings is 2. The molecule has 0 bridgehead atoms. The van der Waals surface area contributed by atoms with Crippen molar-refractivity contribution in [3.63, 3.8) is 0 Å². The van der Waals surface area contributed by atoms with Crippen LogP contribution >= 0.6 is 27.7 Å². The van der Waals surface area contributed by atoms with E-state index in [1.54, 1.807) is 13.2 Å². The minimum atomic E-state index is -0.278. The zero-order valence-electron chi connectivity index (χ0n) is 12.6. The van der Waals surface area contributed by atoms with Crippen molar-refractivity contribution in [3.8, 4) is 5.75 Å². The SMILES string of the molecule is COc1ccccc1CNC(=O)CSCc1ccc(F)cc1Br. The molecule has 2 rings (SSSR count). The Morgan fingerprint density at radius 3 is 2.78 bits per heavy atom. The van der Waals surface area contributed by atoms with E-state index in [1.807, 2.05) is 24.3 Å². The lowest BCUT2D eigenvalue weighted by Gasteiger charge is -2.09. The first-order valence-corrected chi connectivity index (χ1v) is 8.95. The second kappa shape index (κ2) is 8.93. The van der Waals surface area contributed by atoms with Gasteiger partial charge in [0.1, 0.15) is 11.6 Å². The highest BCUT2D eigenvalue weighted by atomic mass is 79.9. The monoisotopic (exact) mass is 397 g/mol. The van der Waals surface area contributed by atoms with Gasteiger partial charge in [-0.15, -0.1) is 11.8 Å². The fraction of sp³-hybridized carbons (Fsp3) is 0.235. The normalized spacial score (nSPS) is 10.4. The molecule has 2 aromatic rings. The summed E-state index contributed by atoms with van der Waals surface area (Å²) in [6.45, 7) is 0.434. The second-order valence-corrected chi connectivity index (χ2v) is 6.66. The number of hydrogen-bond donors (Lipinski definition) is 1. The number of thioether (sulfide) groups is 1. The molecule has 0 heterocycles. The van der Waals surface area contributed by atoms with Crippen LogP contribution in [0.2, 0.25) is 0 Å². The molecule has 3 nitrogen and oxygen atoms in total. The van der Waals surface area contributed by atoms with E-state index in [9.17, 15) is 9.18 Å². The largest absolute Gasteiger partial charge is 0.496 e. The summed E-state index contributed by atoms with van der Waals surface area (Å²) >= 11 is 4.81. The highest BCUT2D eigenvalue weighted by Gasteiger charge is 2.07. The van der Waals surface area contributed by atoms with Gasteiger partial charge in [-0.3, -0.25) is 4.79 Å². The van der Waals surface area contributed by atoms with Crippen molar-refractivity contribution >= 4 is 33.6 Å².